The number of ether oxygens (including phenoxy) is 1. The molecule has 1 aliphatic rings. The summed E-state index contributed by atoms with van der Waals surface area (Å²) in [7, 11) is 1.74. The maximum absolute atomic E-state index is 5.23. The molecule has 4 heteroatoms. The molecule has 126 valence electrons. The number of anilines is 1. The highest BCUT2D eigenvalue weighted by Crippen LogP contribution is 2.24. The first-order chi connectivity index (χ1) is 11.7. The summed E-state index contributed by atoms with van der Waals surface area (Å²) in [5, 5.41) is 0. The van der Waals surface area contributed by atoms with Gasteiger partial charge in [-0.2, -0.15) is 0 Å². The lowest BCUT2D eigenvalue weighted by Crippen LogP contribution is -2.47. The van der Waals surface area contributed by atoms with Gasteiger partial charge in [-0.05, 0) is 37.1 Å². The summed E-state index contributed by atoms with van der Waals surface area (Å²) in [5.41, 5.74) is 4.89. The van der Waals surface area contributed by atoms with Crippen LogP contribution in [0.5, 0.6) is 0 Å². The Morgan fingerprint density at radius 3 is 2.42 bits per heavy atom. The average molecular weight is 323 g/mol. The van der Waals surface area contributed by atoms with Gasteiger partial charge in [-0.15, -0.1) is 0 Å². The molecule has 0 aliphatic carbocycles. The zero-order valence-corrected chi connectivity index (χ0v) is 14.7. The number of methoxy groups -OCH3 is 1. The van der Waals surface area contributed by atoms with Crippen molar-refractivity contribution >= 4 is 11.5 Å². The minimum absolute atomic E-state index is 0.703. The third-order valence-electron chi connectivity index (χ3n) is 4.18. The highest BCUT2D eigenvalue weighted by molar-refractivity contribution is 6.10. The number of hydrogen-bond donors (Lipinski definition) is 0. The van der Waals surface area contributed by atoms with Gasteiger partial charge in [0.25, 0.3) is 0 Å². The van der Waals surface area contributed by atoms with Crippen LogP contribution >= 0.6 is 0 Å². The van der Waals surface area contributed by atoms with Gasteiger partial charge in [0.05, 0.1) is 19.9 Å². The molecule has 2 aromatic carbocycles. The summed E-state index contributed by atoms with van der Waals surface area (Å²) in [6.07, 6.45) is 0. The number of aliphatic imine (C=N–C) groups is 1. The summed E-state index contributed by atoms with van der Waals surface area (Å²) >= 11 is 0. The Morgan fingerprint density at radius 2 is 1.75 bits per heavy atom. The van der Waals surface area contributed by atoms with Crippen molar-refractivity contribution in [2.45, 2.75) is 13.8 Å². The van der Waals surface area contributed by atoms with Gasteiger partial charge in [0.15, 0.2) is 0 Å². The fourth-order valence-corrected chi connectivity index (χ4v) is 3.07. The van der Waals surface area contributed by atoms with Crippen LogP contribution in [0, 0.1) is 13.8 Å². The van der Waals surface area contributed by atoms with Crippen LogP contribution in [0.25, 0.3) is 0 Å². The van der Waals surface area contributed by atoms with Crippen LogP contribution in [0.1, 0.15) is 16.7 Å². The zero-order chi connectivity index (χ0) is 16.9. The van der Waals surface area contributed by atoms with Crippen molar-refractivity contribution < 1.29 is 4.74 Å². The van der Waals surface area contributed by atoms with Crippen LogP contribution in [0.2, 0.25) is 0 Å². The van der Waals surface area contributed by atoms with Gasteiger partial charge in [-0.1, -0.05) is 36.4 Å². The SMILES string of the molecule is COCCN1CN=C(c2ccccc2)N(c2cc(C)cc(C)c2)C1. The average Bonchev–Trinajstić information content (AvgIpc) is 2.59. The Labute approximate surface area is 144 Å². The molecule has 0 fully saturated rings. The van der Waals surface area contributed by atoms with E-state index in [-0.39, 0.29) is 0 Å². The molecule has 0 unspecified atom stereocenters. The molecule has 24 heavy (non-hydrogen) atoms. The Hall–Kier alpha value is -2.17. The van der Waals surface area contributed by atoms with Crippen molar-refractivity contribution in [3.05, 3.63) is 65.2 Å². The number of amidine groups is 1. The molecular weight excluding hydrogens is 298 g/mol. The van der Waals surface area contributed by atoms with E-state index in [0.717, 1.165) is 31.2 Å². The first-order valence-electron chi connectivity index (χ1n) is 8.34. The van der Waals surface area contributed by atoms with E-state index >= 15 is 0 Å². The van der Waals surface area contributed by atoms with Gasteiger partial charge in [0.1, 0.15) is 5.84 Å². The van der Waals surface area contributed by atoms with E-state index in [1.54, 1.807) is 7.11 Å². The third-order valence-corrected chi connectivity index (χ3v) is 4.18. The molecule has 4 nitrogen and oxygen atoms in total. The van der Waals surface area contributed by atoms with E-state index in [1.165, 1.54) is 16.8 Å². The molecule has 0 saturated carbocycles. The molecule has 0 saturated heterocycles. The Kier molecular flexibility index (Phi) is 5.28. The second-order valence-electron chi connectivity index (χ2n) is 6.29. The number of benzene rings is 2. The summed E-state index contributed by atoms with van der Waals surface area (Å²) in [5.74, 6) is 1.04. The molecule has 0 bridgehead atoms. The van der Waals surface area contributed by atoms with Gasteiger partial charge in [0, 0.05) is 24.9 Å². The molecule has 1 heterocycles. The third kappa shape index (κ3) is 3.83. The van der Waals surface area contributed by atoms with Crippen LogP contribution in [0.4, 0.5) is 5.69 Å². The van der Waals surface area contributed by atoms with Crippen LogP contribution < -0.4 is 4.90 Å². The second kappa shape index (κ2) is 7.60. The smallest absolute Gasteiger partial charge is 0.137 e. The predicted octanol–water partition coefficient (Wildman–Crippen LogP) is 3.43. The fourth-order valence-electron chi connectivity index (χ4n) is 3.07. The van der Waals surface area contributed by atoms with Crippen molar-refractivity contribution in [3.63, 3.8) is 0 Å². The van der Waals surface area contributed by atoms with Crippen molar-refractivity contribution in [2.24, 2.45) is 4.99 Å². The molecule has 0 amide bonds. The highest BCUT2D eigenvalue weighted by Gasteiger charge is 2.23. The largest absolute Gasteiger partial charge is 0.383 e. The minimum Gasteiger partial charge on any atom is -0.383 e. The highest BCUT2D eigenvalue weighted by atomic mass is 16.5. The van der Waals surface area contributed by atoms with E-state index in [9.17, 15) is 0 Å². The molecule has 0 atom stereocenters. The van der Waals surface area contributed by atoms with E-state index in [0.29, 0.717) is 6.67 Å². The summed E-state index contributed by atoms with van der Waals surface area (Å²) in [4.78, 5) is 9.46. The molecule has 3 rings (SSSR count). The fraction of sp³-hybridized carbons (Fsp3) is 0.350. The normalized spacial score (nSPS) is 15.5. The lowest BCUT2D eigenvalue weighted by atomic mass is 10.1. The van der Waals surface area contributed by atoms with E-state index in [1.807, 2.05) is 6.07 Å². The van der Waals surface area contributed by atoms with Crippen LogP contribution in [-0.2, 0) is 4.74 Å². The van der Waals surface area contributed by atoms with Crippen molar-refractivity contribution in [1.29, 1.82) is 0 Å². The monoisotopic (exact) mass is 323 g/mol. The van der Waals surface area contributed by atoms with Crippen LogP contribution in [-0.4, -0.2) is 44.3 Å². The predicted molar refractivity (Wildman–Crippen MR) is 99.7 cm³/mol. The van der Waals surface area contributed by atoms with Crippen molar-refractivity contribution in [2.75, 3.05) is 38.5 Å². The first kappa shape index (κ1) is 16.7. The summed E-state index contributed by atoms with van der Waals surface area (Å²) < 4.78 is 5.23. The van der Waals surface area contributed by atoms with E-state index in [4.69, 9.17) is 9.73 Å². The van der Waals surface area contributed by atoms with Gasteiger partial charge in [-0.25, -0.2) is 0 Å². The molecule has 0 aromatic heterocycles. The minimum atomic E-state index is 0.703. The maximum atomic E-state index is 5.23. The number of rotatable bonds is 5. The van der Waals surface area contributed by atoms with Gasteiger partial charge >= 0.3 is 0 Å². The van der Waals surface area contributed by atoms with Gasteiger partial charge < -0.3 is 9.64 Å². The maximum Gasteiger partial charge on any atom is 0.137 e. The Balaban J connectivity index is 1.96. The Bertz CT molecular complexity index is 692. The molecular formula is C20H25N3O. The van der Waals surface area contributed by atoms with Crippen LogP contribution in [0.3, 0.4) is 0 Å². The van der Waals surface area contributed by atoms with Gasteiger partial charge in [-0.3, -0.25) is 9.89 Å². The van der Waals surface area contributed by atoms with E-state index < -0.39 is 0 Å². The molecule has 0 radical (unpaired) electrons. The van der Waals surface area contributed by atoms with Crippen molar-refractivity contribution in [1.82, 2.24) is 4.90 Å². The second-order valence-corrected chi connectivity index (χ2v) is 6.29. The standard InChI is InChI=1S/C20H25N3O/c1-16-11-17(2)13-19(12-16)23-15-22(9-10-24-3)14-21-20(23)18-7-5-4-6-8-18/h4-8,11-13H,9-10,14-15H2,1-3H3. The molecule has 2 aromatic rings. The topological polar surface area (TPSA) is 28.1 Å². The summed E-state index contributed by atoms with van der Waals surface area (Å²) in [6, 6.07) is 17.1. The number of hydrogen-bond acceptors (Lipinski definition) is 4. The molecule has 0 spiro atoms. The Morgan fingerprint density at radius 1 is 1.04 bits per heavy atom. The van der Waals surface area contributed by atoms with Crippen LogP contribution in [0.15, 0.2) is 53.5 Å². The van der Waals surface area contributed by atoms with Crippen molar-refractivity contribution in [3.8, 4) is 0 Å². The zero-order valence-electron chi connectivity index (χ0n) is 14.7. The number of aryl methyl sites for hydroxylation is 2. The summed E-state index contributed by atoms with van der Waals surface area (Å²) in [6.45, 7) is 7.40. The first-order valence-corrected chi connectivity index (χ1v) is 8.34. The quantitative estimate of drug-likeness (QED) is 0.844. The number of nitrogens with zero attached hydrogens (tertiary/aromatic N) is 3. The van der Waals surface area contributed by atoms with E-state index in [2.05, 4.69) is 66.1 Å². The lowest BCUT2D eigenvalue weighted by molar-refractivity contribution is 0.149. The van der Waals surface area contributed by atoms with Gasteiger partial charge in [0.2, 0.25) is 0 Å². The molecule has 1 aliphatic heterocycles. The molecule has 0 N–H and O–H groups in total. The lowest BCUT2D eigenvalue weighted by Gasteiger charge is -2.36.